The molecule has 6 heteroatoms. The summed E-state index contributed by atoms with van der Waals surface area (Å²) >= 11 is 0. The largest absolute Gasteiger partial charge is 0.343 e. The fourth-order valence-electron chi connectivity index (χ4n) is 5.09. The number of hydrogen-bond acceptors (Lipinski definition) is 4. The first-order chi connectivity index (χ1) is 16.5. The molecule has 4 heterocycles. The van der Waals surface area contributed by atoms with Gasteiger partial charge in [-0.05, 0) is 56.7 Å². The average molecular weight is 454 g/mol. The van der Waals surface area contributed by atoms with Gasteiger partial charge in [-0.15, -0.1) is 0 Å². The van der Waals surface area contributed by atoms with E-state index in [0.717, 1.165) is 61.4 Å². The Morgan fingerprint density at radius 3 is 2.59 bits per heavy atom. The quantitative estimate of drug-likeness (QED) is 0.430. The van der Waals surface area contributed by atoms with Gasteiger partial charge in [0.15, 0.2) is 5.65 Å². The number of likely N-dealkylation sites (tertiary alicyclic amines) is 1. The lowest BCUT2D eigenvalue weighted by molar-refractivity contribution is -0.129. The van der Waals surface area contributed by atoms with Crippen molar-refractivity contribution < 1.29 is 4.79 Å². The Morgan fingerprint density at radius 1 is 1.03 bits per heavy atom. The number of benzene rings is 1. The van der Waals surface area contributed by atoms with Gasteiger partial charge in [0.1, 0.15) is 0 Å². The van der Waals surface area contributed by atoms with Gasteiger partial charge < -0.3 is 9.30 Å². The zero-order valence-corrected chi connectivity index (χ0v) is 20.2. The normalized spacial score (nSPS) is 14.6. The fourth-order valence-corrected chi connectivity index (χ4v) is 5.09. The minimum absolute atomic E-state index is 0.166. The molecule has 0 spiro atoms. The average Bonchev–Trinajstić information content (AvgIpc) is 3.27. The Bertz CT molecular complexity index is 1330. The number of carbonyl (C=O) groups excluding carboxylic acids is 1. The third kappa shape index (κ3) is 4.45. The molecule has 0 atom stereocenters. The van der Waals surface area contributed by atoms with Crippen LogP contribution in [0.2, 0.25) is 0 Å². The van der Waals surface area contributed by atoms with Crippen molar-refractivity contribution in [2.75, 3.05) is 13.1 Å². The Labute approximate surface area is 200 Å². The summed E-state index contributed by atoms with van der Waals surface area (Å²) in [7, 11) is 0. The fraction of sp³-hybridized carbons (Fsp3) is 0.357. The zero-order chi connectivity index (χ0) is 23.7. The molecule has 4 aromatic rings. The highest BCUT2D eigenvalue weighted by Crippen LogP contribution is 2.29. The first-order valence-electron chi connectivity index (χ1n) is 12.1. The van der Waals surface area contributed by atoms with Gasteiger partial charge in [-0.25, -0.2) is 4.98 Å². The number of carbonyl (C=O) groups is 1. The van der Waals surface area contributed by atoms with E-state index in [0.29, 0.717) is 5.92 Å². The van der Waals surface area contributed by atoms with E-state index >= 15 is 0 Å². The Balaban J connectivity index is 1.31. The van der Waals surface area contributed by atoms with Crippen molar-refractivity contribution in [1.82, 2.24) is 24.3 Å². The molecule has 0 radical (unpaired) electrons. The standard InChI is InChI=1S/C28H31N5O/c1-19-5-4-6-24(15-19)27-20(2)16-22(17-30-27)7-8-25-28-31-18-26(33(28)14-11-29-25)23-9-12-32(13-10-23)21(3)34/h4-6,11,14-18,23H,7-10,12-13H2,1-3H3. The predicted molar refractivity (Wildman–Crippen MR) is 134 cm³/mol. The highest BCUT2D eigenvalue weighted by Gasteiger charge is 2.24. The third-order valence-corrected chi connectivity index (χ3v) is 6.97. The van der Waals surface area contributed by atoms with E-state index in [1.807, 2.05) is 29.7 Å². The highest BCUT2D eigenvalue weighted by molar-refractivity contribution is 5.73. The molecule has 0 bridgehead atoms. The Hall–Kier alpha value is -3.54. The smallest absolute Gasteiger partial charge is 0.219 e. The van der Waals surface area contributed by atoms with Crippen LogP contribution in [0.1, 0.15) is 53.8 Å². The van der Waals surface area contributed by atoms with Gasteiger partial charge in [0.25, 0.3) is 0 Å². The molecule has 1 fully saturated rings. The lowest BCUT2D eigenvalue weighted by atomic mass is 9.94. The zero-order valence-electron chi connectivity index (χ0n) is 20.2. The number of fused-ring (bicyclic) bond motifs is 1. The van der Waals surface area contributed by atoms with Gasteiger partial charge in [0.2, 0.25) is 5.91 Å². The lowest BCUT2D eigenvalue weighted by Gasteiger charge is -2.31. The number of pyridine rings is 1. The molecule has 6 nitrogen and oxygen atoms in total. The number of aromatic nitrogens is 4. The SMILES string of the molecule is CC(=O)N1CCC(c2cnc3c(CCc4cnc(-c5cccc(C)c5)c(C)c4)nccn23)CC1. The second kappa shape index (κ2) is 9.37. The number of rotatable bonds is 5. The molecule has 1 aliphatic heterocycles. The van der Waals surface area contributed by atoms with Crippen LogP contribution in [0.15, 0.2) is 55.1 Å². The molecule has 1 aliphatic rings. The van der Waals surface area contributed by atoms with E-state index in [-0.39, 0.29) is 5.91 Å². The molecule has 0 saturated carbocycles. The lowest BCUT2D eigenvalue weighted by Crippen LogP contribution is -2.36. The van der Waals surface area contributed by atoms with Crippen molar-refractivity contribution in [2.24, 2.45) is 0 Å². The summed E-state index contributed by atoms with van der Waals surface area (Å²) in [6.45, 7) is 7.52. The van der Waals surface area contributed by atoms with Crippen LogP contribution in [-0.2, 0) is 17.6 Å². The van der Waals surface area contributed by atoms with Crippen LogP contribution in [0.25, 0.3) is 16.9 Å². The summed E-state index contributed by atoms with van der Waals surface area (Å²) in [6.07, 6.45) is 11.5. The van der Waals surface area contributed by atoms with Crippen molar-refractivity contribution in [1.29, 1.82) is 0 Å². The number of imidazole rings is 1. The van der Waals surface area contributed by atoms with E-state index in [2.05, 4.69) is 53.6 Å². The van der Waals surface area contributed by atoms with Gasteiger partial charge in [-0.1, -0.05) is 29.8 Å². The van der Waals surface area contributed by atoms with Crippen molar-refractivity contribution in [2.45, 2.75) is 52.4 Å². The molecular weight excluding hydrogens is 422 g/mol. The topological polar surface area (TPSA) is 63.4 Å². The van der Waals surface area contributed by atoms with Crippen LogP contribution in [0.3, 0.4) is 0 Å². The Kier molecular flexibility index (Phi) is 6.14. The summed E-state index contributed by atoms with van der Waals surface area (Å²) in [4.78, 5) is 27.8. The molecule has 1 aromatic carbocycles. The van der Waals surface area contributed by atoms with Gasteiger partial charge in [0, 0.05) is 62.0 Å². The third-order valence-electron chi connectivity index (χ3n) is 6.97. The first kappa shape index (κ1) is 22.3. The molecule has 1 saturated heterocycles. The molecule has 0 unspecified atom stereocenters. The summed E-state index contributed by atoms with van der Waals surface area (Å²) in [5.41, 5.74) is 9.02. The maximum atomic E-state index is 11.7. The molecule has 174 valence electrons. The maximum Gasteiger partial charge on any atom is 0.219 e. The minimum Gasteiger partial charge on any atom is -0.343 e. The van der Waals surface area contributed by atoms with E-state index < -0.39 is 0 Å². The molecular formula is C28H31N5O. The van der Waals surface area contributed by atoms with Crippen LogP contribution in [0.5, 0.6) is 0 Å². The van der Waals surface area contributed by atoms with E-state index in [9.17, 15) is 4.79 Å². The van der Waals surface area contributed by atoms with Crippen molar-refractivity contribution in [3.63, 3.8) is 0 Å². The summed E-state index contributed by atoms with van der Waals surface area (Å²) in [5.74, 6) is 0.585. The summed E-state index contributed by atoms with van der Waals surface area (Å²) in [5, 5.41) is 0. The van der Waals surface area contributed by atoms with Crippen molar-refractivity contribution >= 4 is 11.6 Å². The Morgan fingerprint density at radius 2 is 1.85 bits per heavy atom. The molecule has 3 aromatic heterocycles. The van der Waals surface area contributed by atoms with Gasteiger partial charge in [0.05, 0.1) is 11.4 Å². The van der Waals surface area contributed by atoms with Gasteiger partial charge in [-0.2, -0.15) is 0 Å². The molecule has 0 N–H and O–H groups in total. The monoisotopic (exact) mass is 453 g/mol. The van der Waals surface area contributed by atoms with E-state index in [4.69, 9.17) is 9.97 Å². The van der Waals surface area contributed by atoms with E-state index in [1.54, 1.807) is 6.92 Å². The second-order valence-electron chi connectivity index (χ2n) is 9.41. The molecule has 0 aliphatic carbocycles. The van der Waals surface area contributed by atoms with Crippen molar-refractivity contribution in [3.8, 4) is 11.3 Å². The maximum absolute atomic E-state index is 11.7. The molecule has 1 amide bonds. The minimum atomic E-state index is 0.166. The predicted octanol–water partition coefficient (Wildman–Crippen LogP) is 4.92. The van der Waals surface area contributed by atoms with Crippen LogP contribution < -0.4 is 0 Å². The summed E-state index contributed by atoms with van der Waals surface area (Å²) < 4.78 is 2.20. The summed E-state index contributed by atoms with van der Waals surface area (Å²) in [6, 6.07) is 10.7. The van der Waals surface area contributed by atoms with Crippen LogP contribution in [0, 0.1) is 13.8 Å². The van der Waals surface area contributed by atoms with Gasteiger partial charge >= 0.3 is 0 Å². The molecule has 5 rings (SSSR count). The molecule has 34 heavy (non-hydrogen) atoms. The number of nitrogens with zero attached hydrogens (tertiary/aromatic N) is 5. The highest BCUT2D eigenvalue weighted by atomic mass is 16.2. The first-order valence-corrected chi connectivity index (χ1v) is 12.1. The second-order valence-corrected chi connectivity index (χ2v) is 9.41. The number of hydrogen-bond donors (Lipinski definition) is 0. The number of aryl methyl sites for hydroxylation is 4. The van der Waals surface area contributed by atoms with Gasteiger partial charge in [-0.3, -0.25) is 14.8 Å². The number of piperidine rings is 1. The van der Waals surface area contributed by atoms with Crippen LogP contribution in [-0.4, -0.2) is 43.2 Å². The number of amides is 1. The van der Waals surface area contributed by atoms with E-state index in [1.165, 1.54) is 22.4 Å². The van der Waals surface area contributed by atoms with Crippen LogP contribution in [0.4, 0.5) is 0 Å². The van der Waals surface area contributed by atoms with Crippen molar-refractivity contribution in [3.05, 3.63) is 83.2 Å². The van der Waals surface area contributed by atoms with Crippen LogP contribution >= 0.6 is 0 Å².